The molecule has 9 heteroatoms. The Morgan fingerprint density at radius 2 is 1.79 bits per heavy atom. The first-order chi connectivity index (χ1) is 16.1. The minimum absolute atomic E-state index is 0.00762. The topological polar surface area (TPSA) is 80.3 Å². The minimum Gasteiger partial charge on any atom is -0.452 e. The van der Waals surface area contributed by atoms with Crippen LogP contribution in [-0.4, -0.2) is 23.5 Å². The summed E-state index contributed by atoms with van der Waals surface area (Å²) in [4.78, 5) is 29.1. The fourth-order valence-electron chi connectivity index (χ4n) is 3.31. The number of carbonyl (C=O) groups excluding carboxylic acids is 2. The number of anilines is 3. The Balaban J connectivity index is 1.70. The van der Waals surface area contributed by atoms with Crippen molar-refractivity contribution in [3.8, 4) is 0 Å². The maximum Gasteiger partial charge on any atom is 0.416 e. The van der Waals surface area contributed by atoms with Gasteiger partial charge in [-0.1, -0.05) is 38.1 Å². The molecular weight excluding hydrogens is 447 g/mol. The van der Waals surface area contributed by atoms with Gasteiger partial charge in [-0.05, 0) is 54.3 Å². The molecule has 0 saturated heterocycles. The summed E-state index contributed by atoms with van der Waals surface area (Å²) in [6.45, 7) is 5.34. The molecule has 178 valence electrons. The zero-order chi connectivity index (χ0) is 24.9. The van der Waals surface area contributed by atoms with Crippen LogP contribution in [0.1, 0.15) is 46.8 Å². The Morgan fingerprint density at radius 3 is 2.50 bits per heavy atom. The van der Waals surface area contributed by atoms with E-state index in [0.717, 1.165) is 23.3 Å². The molecule has 0 aliphatic heterocycles. The van der Waals surface area contributed by atoms with Crippen LogP contribution in [0.15, 0.2) is 60.8 Å². The van der Waals surface area contributed by atoms with E-state index in [2.05, 4.69) is 15.6 Å². The molecule has 0 bridgehead atoms. The summed E-state index contributed by atoms with van der Waals surface area (Å²) in [5.74, 6) is -1.17. The van der Waals surface area contributed by atoms with Crippen molar-refractivity contribution in [1.82, 2.24) is 4.98 Å². The van der Waals surface area contributed by atoms with Gasteiger partial charge in [0, 0.05) is 17.6 Å². The Bertz CT molecular complexity index is 1190. The first-order valence-corrected chi connectivity index (χ1v) is 10.5. The number of para-hydroxylation sites is 1. The van der Waals surface area contributed by atoms with Gasteiger partial charge < -0.3 is 15.4 Å². The third-order valence-electron chi connectivity index (χ3n) is 5.01. The molecule has 2 N–H and O–H groups in total. The summed E-state index contributed by atoms with van der Waals surface area (Å²) in [6.07, 6.45) is -3.13. The summed E-state index contributed by atoms with van der Waals surface area (Å²) >= 11 is 0. The highest BCUT2D eigenvalue weighted by atomic mass is 19.4. The van der Waals surface area contributed by atoms with Gasteiger partial charge in [0.25, 0.3) is 5.91 Å². The van der Waals surface area contributed by atoms with Gasteiger partial charge in [-0.25, -0.2) is 9.78 Å². The number of carbonyl (C=O) groups is 2. The highest BCUT2D eigenvalue weighted by Crippen LogP contribution is 2.32. The molecule has 1 amide bonds. The predicted molar refractivity (Wildman–Crippen MR) is 123 cm³/mol. The number of aromatic nitrogens is 1. The summed E-state index contributed by atoms with van der Waals surface area (Å²) in [7, 11) is 0. The Kier molecular flexibility index (Phi) is 7.55. The first kappa shape index (κ1) is 24.8. The van der Waals surface area contributed by atoms with Crippen molar-refractivity contribution in [3.63, 3.8) is 0 Å². The van der Waals surface area contributed by atoms with Crippen molar-refractivity contribution in [3.05, 3.63) is 83.0 Å². The SMILES string of the molecule is Cc1cccc(C(C)C)c1NC(=O)COC(=O)c1cccnc1Nc1cccc(C(F)(F)F)c1. The number of nitrogens with zero attached hydrogens (tertiary/aromatic N) is 1. The standard InChI is InChI=1S/C25H24F3N3O3/c1-15(2)19-10-4-7-16(3)22(19)31-21(32)14-34-24(33)20-11-6-12-29-23(20)30-18-9-5-8-17(13-18)25(26,27)28/h4-13,15H,14H2,1-3H3,(H,29,30)(H,31,32). The van der Waals surface area contributed by atoms with Crippen LogP contribution in [-0.2, 0) is 15.7 Å². The van der Waals surface area contributed by atoms with Crippen molar-refractivity contribution < 1.29 is 27.5 Å². The molecule has 0 fully saturated rings. The monoisotopic (exact) mass is 471 g/mol. The number of ether oxygens (including phenoxy) is 1. The van der Waals surface area contributed by atoms with E-state index >= 15 is 0 Å². The van der Waals surface area contributed by atoms with Gasteiger partial charge in [-0.3, -0.25) is 4.79 Å². The van der Waals surface area contributed by atoms with Gasteiger partial charge in [-0.2, -0.15) is 13.2 Å². The second kappa shape index (κ2) is 10.4. The van der Waals surface area contributed by atoms with Crippen LogP contribution < -0.4 is 10.6 Å². The number of rotatable bonds is 7. The van der Waals surface area contributed by atoms with Crippen LogP contribution in [0.2, 0.25) is 0 Å². The Morgan fingerprint density at radius 1 is 1.06 bits per heavy atom. The summed E-state index contributed by atoms with van der Waals surface area (Å²) in [6, 6.07) is 13.1. The lowest BCUT2D eigenvalue weighted by molar-refractivity contribution is -0.137. The zero-order valence-corrected chi connectivity index (χ0v) is 18.9. The molecule has 0 aliphatic carbocycles. The Hall–Kier alpha value is -3.88. The number of alkyl halides is 3. The molecule has 3 aromatic rings. The van der Waals surface area contributed by atoms with E-state index in [-0.39, 0.29) is 23.0 Å². The van der Waals surface area contributed by atoms with Crippen LogP contribution in [0.25, 0.3) is 0 Å². The van der Waals surface area contributed by atoms with Gasteiger partial charge in [0.05, 0.1) is 5.56 Å². The summed E-state index contributed by atoms with van der Waals surface area (Å²) in [5, 5.41) is 5.50. The van der Waals surface area contributed by atoms with Crippen LogP contribution in [0.4, 0.5) is 30.4 Å². The summed E-state index contributed by atoms with van der Waals surface area (Å²) in [5.41, 5.74) is 1.75. The van der Waals surface area contributed by atoms with Gasteiger partial charge >= 0.3 is 12.1 Å². The highest BCUT2D eigenvalue weighted by molar-refractivity contribution is 5.98. The lowest BCUT2D eigenvalue weighted by Gasteiger charge is -2.16. The number of benzene rings is 2. The predicted octanol–water partition coefficient (Wildman–Crippen LogP) is 6.07. The highest BCUT2D eigenvalue weighted by Gasteiger charge is 2.30. The second-order valence-corrected chi connectivity index (χ2v) is 7.92. The molecule has 0 radical (unpaired) electrons. The molecule has 0 saturated carbocycles. The lowest BCUT2D eigenvalue weighted by Crippen LogP contribution is -2.22. The molecule has 0 atom stereocenters. The van der Waals surface area contributed by atoms with Crippen LogP contribution in [0.3, 0.4) is 0 Å². The zero-order valence-electron chi connectivity index (χ0n) is 18.9. The molecule has 1 heterocycles. The van der Waals surface area contributed by atoms with Crippen molar-refractivity contribution in [1.29, 1.82) is 0 Å². The molecule has 1 aromatic heterocycles. The van der Waals surface area contributed by atoms with E-state index in [9.17, 15) is 22.8 Å². The van der Waals surface area contributed by atoms with Gasteiger partial charge in [0.1, 0.15) is 11.4 Å². The van der Waals surface area contributed by atoms with E-state index in [1.165, 1.54) is 30.5 Å². The van der Waals surface area contributed by atoms with E-state index < -0.39 is 30.2 Å². The molecule has 34 heavy (non-hydrogen) atoms. The van der Waals surface area contributed by atoms with Crippen LogP contribution in [0.5, 0.6) is 0 Å². The number of aryl methyl sites for hydroxylation is 1. The average molecular weight is 471 g/mol. The van der Waals surface area contributed by atoms with Gasteiger partial charge in [0.15, 0.2) is 6.61 Å². The van der Waals surface area contributed by atoms with E-state index in [1.807, 2.05) is 39.0 Å². The van der Waals surface area contributed by atoms with Gasteiger partial charge in [0.2, 0.25) is 0 Å². The fourth-order valence-corrected chi connectivity index (χ4v) is 3.31. The van der Waals surface area contributed by atoms with Crippen molar-refractivity contribution >= 4 is 29.1 Å². The number of nitrogens with one attached hydrogen (secondary N) is 2. The smallest absolute Gasteiger partial charge is 0.416 e. The number of hydrogen-bond donors (Lipinski definition) is 2. The third-order valence-corrected chi connectivity index (χ3v) is 5.01. The largest absolute Gasteiger partial charge is 0.452 e. The van der Waals surface area contributed by atoms with Crippen molar-refractivity contribution in [2.24, 2.45) is 0 Å². The molecule has 2 aromatic carbocycles. The minimum atomic E-state index is -4.51. The third kappa shape index (κ3) is 6.12. The average Bonchev–Trinajstić information content (AvgIpc) is 2.78. The molecule has 6 nitrogen and oxygen atoms in total. The van der Waals surface area contributed by atoms with E-state index in [1.54, 1.807) is 0 Å². The number of pyridine rings is 1. The van der Waals surface area contributed by atoms with E-state index in [4.69, 9.17) is 4.74 Å². The molecule has 0 aliphatic rings. The van der Waals surface area contributed by atoms with Crippen molar-refractivity contribution in [2.45, 2.75) is 32.9 Å². The number of amides is 1. The van der Waals surface area contributed by atoms with Gasteiger partial charge in [-0.15, -0.1) is 0 Å². The van der Waals surface area contributed by atoms with Crippen LogP contribution >= 0.6 is 0 Å². The second-order valence-electron chi connectivity index (χ2n) is 7.92. The Labute approximate surface area is 195 Å². The molecular formula is C25H24F3N3O3. The molecule has 0 unspecified atom stereocenters. The summed E-state index contributed by atoms with van der Waals surface area (Å²) < 4.78 is 44.1. The molecule has 3 rings (SSSR count). The quantitative estimate of drug-likeness (QED) is 0.409. The normalized spacial score (nSPS) is 11.3. The number of halogens is 3. The molecule has 0 spiro atoms. The lowest BCUT2D eigenvalue weighted by atomic mass is 9.98. The number of hydrogen-bond acceptors (Lipinski definition) is 5. The number of esters is 1. The maximum absolute atomic E-state index is 13.0. The van der Waals surface area contributed by atoms with Crippen LogP contribution in [0, 0.1) is 6.92 Å². The first-order valence-electron chi connectivity index (χ1n) is 10.5. The maximum atomic E-state index is 13.0. The fraction of sp³-hybridized carbons (Fsp3) is 0.240. The van der Waals surface area contributed by atoms with Crippen molar-refractivity contribution in [2.75, 3.05) is 17.2 Å². The van der Waals surface area contributed by atoms with E-state index in [0.29, 0.717) is 5.69 Å².